The standard InChI is InChI=1S/C24H33N5O5S/c1-16(2)14-21(29-35(33,34)18-8-4-3-5-9-18)23(31)27-20-12-11-17-15-26-28-19(17)10-6-7-13-25-24(32)22(20)30/h3-5,8-9,15-16,20-21,29H,6-7,10-14H2,1-2H3,(H,25,32)(H,26,28)(H,27,31). The Morgan fingerprint density at radius 1 is 1.14 bits per heavy atom. The Kier molecular flexibility index (Phi) is 9.16. The second-order valence-corrected chi connectivity index (χ2v) is 10.9. The van der Waals surface area contributed by atoms with Gasteiger partial charge in [0.15, 0.2) is 0 Å². The van der Waals surface area contributed by atoms with E-state index in [1.165, 1.54) is 12.1 Å². The molecule has 0 radical (unpaired) electrons. The number of carbonyl (C=O) groups excluding carboxylic acids is 3. The molecule has 190 valence electrons. The van der Waals surface area contributed by atoms with Gasteiger partial charge in [-0.15, -0.1) is 0 Å². The highest BCUT2D eigenvalue weighted by atomic mass is 32.2. The third kappa shape index (κ3) is 7.46. The van der Waals surface area contributed by atoms with Gasteiger partial charge >= 0.3 is 0 Å². The van der Waals surface area contributed by atoms with Crippen molar-refractivity contribution in [2.75, 3.05) is 6.54 Å². The third-order valence-electron chi connectivity index (χ3n) is 5.88. The Balaban J connectivity index is 1.80. The largest absolute Gasteiger partial charge is 0.349 e. The van der Waals surface area contributed by atoms with Crippen LogP contribution in [0.4, 0.5) is 0 Å². The Labute approximate surface area is 205 Å². The van der Waals surface area contributed by atoms with Crippen LogP contribution >= 0.6 is 0 Å². The summed E-state index contributed by atoms with van der Waals surface area (Å²) in [5.74, 6) is -2.16. The Morgan fingerprint density at radius 2 is 1.89 bits per heavy atom. The van der Waals surface area contributed by atoms with E-state index in [1.54, 1.807) is 24.4 Å². The molecule has 0 spiro atoms. The molecule has 1 aromatic carbocycles. The lowest BCUT2D eigenvalue weighted by Crippen LogP contribution is -2.54. The van der Waals surface area contributed by atoms with Crippen molar-refractivity contribution in [1.29, 1.82) is 0 Å². The van der Waals surface area contributed by atoms with Crippen LogP contribution in [0.3, 0.4) is 0 Å². The maximum absolute atomic E-state index is 13.2. The van der Waals surface area contributed by atoms with Crippen LogP contribution < -0.4 is 15.4 Å². The molecular formula is C24H33N5O5S. The highest BCUT2D eigenvalue weighted by molar-refractivity contribution is 7.89. The molecule has 2 atom stereocenters. The number of ketones is 1. The quantitative estimate of drug-likeness (QED) is 0.418. The first kappa shape index (κ1) is 26.6. The fourth-order valence-electron chi connectivity index (χ4n) is 4.02. The van der Waals surface area contributed by atoms with Crippen molar-refractivity contribution >= 4 is 27.6 Å². The minimum Gasteiger partial charge on any atom is -0.349 e. The SMILES string of the molecule is CC(C)CC(NS(=O)(=O)c1ccccc1)C(=O)NC1CCc2cn[nH]c2CCCCNC(=O)C1=O. The number of Topliss-reactive ketones (excluding diaryl/α,β-unsaturated/α-hetero) is 1. The van der Waals surface area contributed by atoms with Crippen molar-refractivity contribution < 1.29 is 22.8 Å². The molecule has 3 rings (SSSR count). The molecule has 1 aliphatic heterocycles. The van der Waals surface area contributed by atoms with E-state index in [9.17, 15) is 22.8 Å². The van der Waals surface area contributed by atoms with E-state index in [-0.39, 0.29) is 23.7 Å². The summed E-state index contributed by atoms with van der Waals surface area (Å²) < 4.78 is 28.2. The topological polar surface area (TPSA) is 150 Å². The number of nitrogens with one attached hydrogen (secondary N) is 4. The fraction of sp³-hybridized carbons (Fsp3) is 0.500. The summed E-state index contributed by atoms with van der Waals surface area (Å²) in [5, 5.41) is 12.3. The third-order valence-corrected chi connectivity index (χ3v) is 7.37. The number of sulfonamides is 1. The normalized spacial score (nSPS) is 18.7. The second-order valence-electron chi connectivity index (χ2n) is 9.17. The first-order valence-electron chi connectivity index (χ1n) is 11.9. The summed E-state index contributed by atoms with van der Waals surface area (Å²) >= 11 is 0. The zero-order valence-electron chi connectivity index (χ0n) is 20.0. The van der Waals surface area contributed by atoms with Crippen LogP contribution in [0, 0.1) is 5.92 Å². The van der Waals surface area contributed by atoms with Gasteiger partial charge in [-0.05, 0) is 62.1 Å². The van der Waals surface area contributed by atoms with Crippen molar-refractivity contribution in [1.82, 2.24) is 25.6 Å². The predicted molar refractivity (Wildman–Crippen MR) is 130 cm³/mol. The van der Waals surface area contributed by atoms with Crippen LogP contribution in [0.5, 0.6) is 0 Å². The first-order valence-corrected chi connectivity index (χ1v) is 13.4. The molecular weight excluding hydrogens is 470 g/mol. The smallest absolute Gasteiger partial charge is 0.289 e. The lowest BCUT2D eigenvalue weighted by Gasteiger charge is -2.24. The molecule has 1 aromatic heterocycles. The number of amides is 2. The number of rotatable bonds is 7. The zero-order chi connectivity index (χ0) is 25.4. The molecule has 35 heavy (non-hydrogen) atoms. The van der Waals surface area contributed by atoms with Crippen molar-refractivity contribution in [3.05, 3.63) is 47.8 Å². The van der Waals surface area contributed by atoms with E-state index < -0.39 is 39.7 Å². The Hall–Kier alpha value is -3.05. The Bertz CT molecular complexity index is 1130. The van der Waals surface area contributed by atoms with Crippen LogP contribution in [0.2, 0.25) is 0 Å². The van der Waals surface area contributed by atoms with Crippen LogP contribution in [0.1, 0.15) is 50.8 Å². The lowest BCUT2D eigenvalue weighted by molar-refractivity contribution is -0.140. The minimum atomic E-state index is -3.97. The maximum Gasteiger partial charge on any atom is 0.289 e. The molecule has 0 bridgehead atoms. The number of benzene rings is 1. The summed E-state index contributed by atoms with van der Waals surface area (Å²) in [7, 11) is -3.97. The van der Waals surface area contributed by atoms with Gasteiger partial charge in [0, 0.05) is 12.2 Å². The van der Waals surface area contributed by atoms with Crippen molar-refractivity contribution in [3.8, 4) is 0 Å². The van der Waals surface area contributed by atoms with Gasteiger partial charge in [0.2, 0.25) is 21.7 Å². The number of aromatic amines is 1. The number of aromatic nitrogens is 2. The molecule has 4 N–H and O–H groups in total. The van der Waals surface area contributed by atoms with Crippen LogP contribution in [0.25, 0.3) is 0 Å². The number of carbonyl (C=O) groups is 3. The average molecular weight is 504 g/mol. The van der Waals surface area contributed by atoms with Crippen molar-refractivity contribution in [2.45, 2.75) is 69.4 Å². The van der Waals surface area contributed by atoms with Gasteiger partial charge in [-0.2, -0.15) is 9.82 Å². The zero-order valence-corrected chi connectivity index (χ0v) is 20.9. The molecule has 1 aliphatic rings. The molecule has 11 heteroatoms. The number of fused-ring (bicyclic) bond motifs is 1. The van der Waals surface area contributed by atoms with E-state index in [1.807, 2.05) is 13.8 Å². The van der Waals surface area contributed by atoms with E-state index in [0.717, 1.165) is 24.1 Å². The molecule has 2 amide bonds. The monoisotopic (exact) mass is 503 g/mol. The Morgan fingerprint density at radius 3 is 2.60 bits per heavy atom. The molecule has 0 saturated carbocycles. The van der Waals surface area contributed by atoms with Gasteiger partial charge in [-0.3, -0.25) is 19.5 Å². The number of hydrogen-bond donors (Lipinski definition) is 4. The molecule has 2 heterocycles. The van der Waals surface area contributed by atoms with Crippen LogP contribution in [0.15, 0.2) is 41.4 Å². The highest BCUT2D eigenvalue weighted by Crippen LogP contribution is 2.15. The van der Waals surface area contributed by atoms with Gasteiger partial charge < -0.3 is 10.6 Å². The molecule has 0 fully saturated rings. The number of nitrogens with zero attached hydrogens (tertiary/aromatic N) is 1. The first-order chi connectivity index (χ1) is 16.7. The number of hydrogen-bond acceptors (Lipinski definition) is 6. The summed E-state index contributed by atoms with van der Waals surface area (Å²) in [5.41, 5.74) is 1.91. The van der Waals surface area contributed by atoms with Gasteiger partial charge in [-0.25, -0.2) is 8.42 Å². The van der Waals surface area contributed by atoms with Crippen molar-refractivity contribution in [3.63, 3.8) is 0 Å². The molecule has 10 nitrogen and oxygen atoms in total. The highest BCUT2D eigenvalue weighted by Gasteiger charge is 2.32. The predicted octanol–water partition coefficient (Wildman–Crippen LogP) is 1.24. The van der Waals surface area contributed by atoms with Gasteiger partial charge in [0.05, 0.1) is 17.1 Å². The van der Waals surface area contributed by atoms with Gasteiger partial charge in [-0.1, -0.05) is 32.0 Å². The molecule has 0 saturated heterocycles. The summed E-state index contributed by atoms with van der Waals surface area (Å²) in [6.07, 6.45) is 4.84. The van der Waals surface area contributed by atoms with E-state index in [2.05, 4.69) is 25.6 Å². The minimum absolute atomic E-state index is 0.00646. The van der Waals surface area contributed by atoms with E-state index in [4.69, 9.17) is 0 Å². The molecule has 2 aromatic rings. The summed E-state index contributed by atoms with van der Waals surface area (Å²) in [6, 6.07) is 5.56. The molecule has 2 unspecified atom stereocenters. The summed E-state index contributed by atoms with van der Waals surface area (Å²) in [4.78, 5) is 38.6. The van der Waals surface area contributed by atoms with Crippen LogP contribution in [-0.2, 0) is 37.2 Å². The number of H-pyrrole nitrogens is 1. The average Bonchev–Trinajstić information content (AvgIpc) is 3.27. The van der Waals surface area contributed by atoms with Crippen LogP contribution in [-0.4, -0.2) is 54.8 Å². The van der Waals surface area contributed by atoms with Gasteiger partial charge in [0.25, 0.3) is 5.91 Å². The lowest BCUT2D eigenvalue weighted by atomic mass is 9.98. The summed E-state index contributed by atoms with van der Waals surface area (Å²) in [6.45, 7) is 4.08. The van der Waals surface area contributed by atoms with E-state index >= 15 is 0 Å². The maximum atomic E-state index is 13.2. The van der Waals surface area contributed by atoms with Gasteiger partial charge in [0.1, 0.15) is 6.04 Å². The van der Waals surface area contributed by atoms with Crippen molar-refractivity contribution in [2.24, 2.45) is 5.92 Å². The fourth-order valence-corrected chi connectivity index (χ4v) is 5.25. The number of aryl methyl sites for hydroxylation is 2. The second kappa shape index (κ2) is 12.1. The molecule has 0 aliphatic carbocycles. The van der Waals surface area contributed by atoms with E-state index in [0.29, 0.717) is 19.4 Å².